The second kappa shape index (κ2) is 5.42. The Kier molecular flexibility index (Phi) is 3.63. The fourth-order valence-corrected chi connectivity index (χ4v) is 3.05. The summed E-state index contributed by atoms with van der Waals surface area (Å²) in [6, 6.07) is 4.06. The molecule has 108 valence electrons. The lowest BCUT2D eigenvalue weighted by Gasteiger charge is -2.32. The molecule has 0 aromatic carbocycles. The van der Waals surface area contributed by atoms with E-state index in [1.807, 2.05) is 19.3 Å². The normalized spacial score (nSPS) is 19.2. The van der Waals surface area contributed by atoms with Crippen molar-refractivity contribution in [1.82, 2.24) is 14.5 Å². The van der Waals surface area contributed by atoms with Crippen molar-refractivity contribution in [1.29, 1.82) is 0 Å². The van der Waals surface area contributed by atoms with E-state index in [1.54, 1.807) is 7.11 Å². The van der Waals surface area contributed by atoms with Crippen molar-refractivity contribution in [2.24, 2.45) is 7.05 Å². The van der Waals surface area contributed by atoms with Gasteiger partial charge in [0.2, 0.25) is 0 Å². The van der Waals surface area contributed by atoms with Crippen molar-refractivity contribution >= 4 is 0 Å². The predicted molar refractivity (Wildman–Crippen MR) is 75.4 cm³/mol. The standard InChI is InChI=1S/C15H21N3O2/c1-11-4-5-13(20-11)7-18-6-12(9-19-3)15-14(8-18)16-10-17(15)2/h4-5,10,12H,6-9H2,1-3H3/t12-/m1/s1. The molecule has 3 rings (SSSR count). The second-order valence-corrected chi connectivity index (χ2v) is 5.52. The number of imidazole rings is 1. The van der Waals surface area contributed by atoms with Gasteiger partial charge >= 0.3 is 0 Å². The molecule has 0 radical (unpaired) electrons. The van der Waals surface area contributed by atoms with E-state index in [2.05, 4.69) is 27.6 Å². The van der Waals surface area contributed by atoms with Crippen molar-refractivity contribution < 1.29 is 9.15 Å². The highest BCUT2D eigenvalue weighted by Crippen LogP contribution is 2.28. The number of hydrogen-bond donors (Lipinski definition) is 0. The number of nitrogens with zero attached hydrogens (tertiary/aromatic N) is 3. The number of fused-ring (bicyclic) bond motifs is 1. The van der Waals surface area contributed by atoms with Gasteiger partial charge in [0, 0.05) is 38.9 Å². The van der Waals surface area contributed by atoms with Crippen molar-refractivity contribution in [3.05, 3.63) is 41.4 Å². The molecule has 5 heteroatoms. The first kappa shape index (κ1) is 13.4. The van der Waals surface area contributed by atoms with Gasteiger partial charge in [-0.3, -0.25) is 4.90 Å². The number of aromatic nitrogens is 2. The average molecular weight is 275 g/mol. The maximum Gasteiger partial charge on any atom is 0.118 e. The molecule has 0 unspecified atom stereocenters. The summed E-state index contributed by atoms with van der Waals surface area (Å²) in [5, 5.41) is 0. The molecule has 1 atom stereocenters. The van der Waals surface area contributed by atoms with Gasteiger partial charge in [-0.2, -0.15) is 0 Å². The highest BCUT2D eigenvalue weighted by atomic mass is 16.5. The van der Waals surface area contributed by atoms with Gasteiger partial charge in [-0.15, -0.1) is 0 Å². The lowest BCUT2D eigenvalue weighted by molar-refractivity contribution is 0.128. The van der Waals surface area contributed by atoms with Gasteiger partial charge in [0.1, 0.15) is 11.5 Å². The van der Waals surface area contributed by atoms with Crippen LogP contribution >= 0.6 is 0 Å². The summed E-state index contributed by atoms with van der Waals surface area (Å²) in [6.45, 7) is 5.37. The summed E-state index contributed by atoms with van der Waals surface area (Å²) in [5.41, 5.74) is 2.46. The molecule has 0 bridgehead atoms. The zero-order valence-corrected chi connectivity index (χ0v) is 12.3. The largest absolute Gasteiger partial charge is 0.465 e. The monoisotopic (exact) mass is 275 g/mol. The third-order valence-electron chi connectivity index (χ3n) is 3.84. The SMILES string of the molecule is COC[C@H]1CN(Cc2ccc(C)o2)Cc2ncn(C)c21. The molecule has 5 nitrogen and oxygen atoms in total. The first-order valence-electron chi connectivity index (χ1n) is 6.94. The number of aryl methyl sites for hydroxylation is 2. The Labute approximate surface area is 119 Å². The van der Waals surface area contributed by atoms with Gasteiger partial charge in [0.15, 0.2) is 0 Å². The quantitative estimate of drug-likeness (QED) is 0.856. The van der Waals surface area contributed by atoms with Crippen molar-refractivity contribution in [2.45, 2.75) is 25.9 Å². The summed E-state index contributed by atoms with van der Waals surface area (Å²) in [4.78, 5) is 6.89. The van der Waals surface area contributed by atoms with Gasteiger partial charge in [0.05, 0.1) is 25.2 Å². The van der Waals surface area contributed by atoms with Gasteiger partial charge in [-0.1, -0.05) is 0 Å². The van der Waals surface area contributed by atoms with Crippen LogP contribution in [0.2, 0.25) is 0 Å². The van der Waals surface area contributed by atoms with E-state index in [0.29, 0.717) is 5.92 Å². The molecule has 20 heavy (non-hydrogen) atoms. The molecule has 0 amide bonds. The Morgan fingerprint density at radius 3 is 3.00 bits per heavy atom. The summed E-state index contributed by atoms with van der Waals surface area (Å²) in [5.74, 6) is 2.34. The summed E-state index contributed by atoms with van der Waals surface area (Å²) >= 11 is 0. The summed E-state index contributed by atoms with van der Waals surface area (Å²) in [6.07, 6.45) is 1.90. The highest BCUT2D eigenvalue weighted by Gasteiger charge is 2.29. The lowest BCUT2D eigenvalue weighted by atomic mass is 9.99. The molecule has 1 aliphatic rings. The summed E-state index contributed by atoms with van der Waals surface area (Å²) in [7, 11) is 3.81. The van der Waals surface area contributed by atoms with E-state index >= 15 is 0 Å². The van der Waals surface area contributed by atoms with Crippen molar-refractivity contribution in [2.75, 3.05) is 20.3 Å². The Morgan fingerprint density at radius 2 is 2.30 bits per heavy atom. The van der Waals surface area contributed by atoms with Crippen LogP contribution in [0.25, 0.3) is 0 Å². The first-order valence-corrected chi connectivity index (χ1v) is 6.94. The summed E-state index contributed by atoms with van der Waals surface area (Å²) < 4.78 is 13.2. The fraction of sp³-hybridized carbons (Fsp3) is 0.533. The average Bonchev–Trinajstić information content (AvgIpc) is 2.97. The van der Waals surface area contributed by atoms with Crippen LogP contribution in [-0.4, -0.2) is 34.7 Å². The van der Waals surface area contributed by atoms with Crippen LogP contribution in [-0.2, 0) is 24.9 Å². The van der Waals surface area contributed by atoms with Crippen LogP contribution in [0.5, 0.6) is 0 Å². The number of methoxy groups -OCH3 is 1. The molecule has 0 saturated heterocycles. The van der Waals surface area contributed by atoms with Crippen LogP contribution in [0.1, 0.15) is 28.8 Å². The van der Waals surface area contributed by atoms with Crippen LogP contribution in [0, 0.1) is 6.92 Å². The molecule has 1 aliphatic heterocycles. The molecule has 3 heterocycles. The van der Waals surface area contributed by atoms with Crippen molar-refractivity contribution in [3.8, 4) is 0 Å². The molecule has 0 aliphatic carbocycles. The Hall–Kier alpha value is -1.59. The smallest absolute Gasteiger partial charge is 0.118 e. The van der Waals surface area contributed by atoms with E-state index in [1.165, 1.54) is 5.69 Å². The van der Waals surface area contributed by atoms with Crippen LogP contribution < -0.4 is 0 Å². The number of ether oxygens (including phenoxy) is 1. The van der Waals surface area contributed by atoms with Gasteiger partial charge in [0.25, 0.3) is 0 Å². The first-order chi connectivity index (χ1) is 9.67. The molecule has 0 saturated carbocycles. The van der Waals surface area contributed by atoms with E-state index in [4.69, 9.17) is 9.15 Å². The van der Waals surface area contributed by atoms with Crippen LogP contribution in [0.4, 0.5) is 0 Å². The fourth-order valence-electron chi connectivity index (χ4n) is 3.05. The van der Waals surface area contributed by atoms with Gasteiger partial charge < -0.3 is 13.7 Å². The number of rotatable bonds is 4. The second-order valence-electron chi connectivity index (χ2n) is 5.52. The van der Waals surface area contributed by atoms with E-state index in [9.17, 15) is 0 Å². The Morgan fingerprint density at radius 1 is 1.45 bits per heavy atom. The molecular formula is C15H21N3O2. The zero-order valence-electron chi connectivity index (χ0n) is 12.3. The molecule has 0 N–H and O–H groups in total. The Bertz CT molecular complexity index is 588. The Balaban J connectivity index is 1.79. The highest BCUT2D eigenvalue weighted by molar-refractivity contribution is 5.22. The third kappa shape index (κ3) is 2.51. The molecular weight excluding hydrogens is 254 g/mol. The topological polar surface area (TPSA) is 43.4 Å². The molecule has 2 aromatic heterocycles. The maximum absolute atomic E-state index is 5.68. The predicted octanol–water partition coefficient (Wildman–Crippen LogP) is 2.07. The van der Waals surface area contributed by atoms with Crippen LogP contribution in [0.15, 0.2) is 22.9 Å². The number of furan rings is 1. The lowest BCUT2D eigenvalue weighted by Crippen LogP contribution is -2.35. The van der Waals surface area contributed by atoms with Gasteiger partial charge in [-0.25, -0.2) is 4.98 Å². The minimum Gasteiger partial charge on any atom is -0.465 e. The van der Waals surface area contributed by atoms with Crippen LogP contribution in [0.3, 0.4) is 0 Å². The molecule has 0 spiro atoms. The van der Waals surface area contributed by atoms with Crippen molar-refractivity contribution in [3.63, 3.8) is 0 Å². The van der Waals surface area contributed by atoms with E-state index in [0.717, 1.165) is 43.5 Å². The maximum atomic E-state index is 5.68. The van der Waals surface area contributed by atoms with Gasteiger partial charge in [-0.05, 0) is 19.1 Å². The van der Waals surface area contributed by atoms with E-state index < -0.39 is 0 Å². The molecule has 0 fully saturated rings. The van der Waals surface area contributed by atoms with E-state index in [-0.39, 0.29) is 0 Å². The number of hydrogen-bond acceptors (Lipinski definition) is 4. The molecule has 2 aromatic rings. The minimum atomic E-state index is 0.368. The minimum absolute atomic E-state index is 0.368. The third-order valence-corrected chi connectivity index (χ3v) is 3.84. The zero-order chi connectivity index (χ0) is 14.1.